The first-order chi connectivity index (χ1) is 8.83. The maximum atomic E-state index is 5.87. The lowest BCUT2D eigenvalue weighted by molar-refractivity contribution is 1.09. The van der Waals surface area contributed by atoms with Gasteiger partial charge in [0.2, 0.25) is 5.28 Å². The molecule has 0 atom stereocenters. The molecule has 0 unspecified atom stereocenters. The van der Waals surface area contributed by atoms with Gasteiger partial charge in [-0.15, -0.1) is 11.3 Å². The molecule has 3 aromatic rings. The Bertz CT molecular complexity index is 670. The summed E-state index contributed by atoms with van der Waals surface area (Å²) in [6, 6.07) is 3.88. The summed E-state index contributed by atoms with van der Waals surface area (Å²) in [6.07, 6.45) is 3.50. The Labute approximate surface area is 112 Å². The zero-order chi connectivity index (χ0) is 12.4. The molecule has 0 saturated heterocycles. The van der Waals surface area contributed by atoms with E-state index in [-0.39, 0.29) is 5.28 Å². The first-order valence-corrected chi connectivity index (χ1v) is 6.48. The van der Waals surface area contributed by atoms with Crippen LogP contribution < -0.4 is 5.32 Å². The Morgan fingerprint density at radius 3 is 2.89 bits per heavy atom. The average molecular weight is 278 g/mol. The molecule has 0 aliphatic heterocycles. The van der Waals surface area contributed by atoms with E-state index in [9.17, 15) is 0 Å². The summed E-state index contributed by atoms with van der Waals surface area (Å²) >= 11 is 7.31. The maximum absolute atomic E-state index is 5.87. The van der Waals surface area contributed by atoms with Crippen molar-refractivity contribution in [3.63, 3.8) is 0 Å². The molecule has 0 radical (unpaired) electrons. The van der Waals surface area contributed by atoms with E-state index in [1.807, 2.05) is 12.1 Å². The Kier molecular flexibility index (Phi) is 3.04. The number of hydrogen-bond donors (Lipinski definition) is 1. The summed E-state index contributed by atoms with van der Waals surface area (Å²) < 4.78 is 0. The maximum Gasteiger partial charge on any atom is 0.225 e. The van der Waals surface area contributed by atoms with Crippen LogP contribution in [0.2, 0.25) is 5.28 Å². The molecule has 0 spiro atoms. The van der Waals surface area contributed by atoms with Gasteiger partial charge in [0.15, 0.2) is 10.6 Å². The number of nitrogens with zero attached hydrogens (tertiary/aromatic N) is 4. The van der Waals surface area contributed by atoms with Gasteiger partial charge in [-0.05, 0) is 29.3 Å². The van der Waals surface area contributed by atoms with Gasteiger partial charge in [0, 0.05) is 18.9 Å². The van der Waals surface area contributed by atoms with E-state index in [1.165, 1.54) is 11.3 Å². The van der Waals surface area contributed by atoms with Gasteiger partial charge in [0.1, 0.15) is 5.52 Å². The topological polar surface area (TPSA) is 63.6 Å². The van der Waals surface area contributed by atoms with Gasteiger partial charge in [-0.3, -0.25) is 4.98 Å². The van der Waals surface area contributed by atoms with Crippen LogP contribution in [0.25, 0.3) is 10.3 Å². The molecular weight excluding hydrogens is 270 g/mol. The Balaban J connectivity index is 1.88. The van der Waals surface area contributed by atoms with Gasteiger partial charge < -0.3 is 5.32 Å². The minimum Gasteiger partial charge on any atom is -0.364 e. The largest absolute Gasteiger partial charge is 0.364 e. The van der Waals surface area contributed by atoms with Gasteiger partial charge in [-0.2, -0.15) is 4.98 Å². The number of pyridine rings is 1. The van der Waals surface area contributed by atoms with Crippen molar-refractivity contribution in [2.24, 2.45) is 0 Å². The number of halogens is 1. The molecule has 1 N–H and O–H groups in total. The summed E-state index contributed by atoms with van der Waals surface area (Å²) in [5.41, 5.74) is 3.59. The Morgan fingerprint density at radius 1 is 1.22 bits per heavy atom. The molecule has 0 amide bonds. The van der Waals surface area contributed by atoms with Crippen LogP contribution in [-0.2, 0) is 6.54 Å². The van der Waals surface area contributed by atoms with Crippen LogP contribution in [0.4, 0.5) is 5.82 Å². The van der Waals surface area contributed by atoms with Gasteiger partial charge in [-0.1, -0.05) is 0 Å². The third-order valence-corrected chi connectivity index (χ3v) is 3.27. The van der Waals surface area contributed by atoms with Gasteiger partial charge in [0.25, 0.3) is 0 Å². The fourth-order valence-corrected chi connectivity index (χ4v) is 2.42. The Morgan fingerprint density at radius 2 is 2.06 bits per heavy atom. The second-order valence-corrected chi connectivity index (χ2v) is 4.73. The van der Waals surface area contributed by atoms with E-state index in [1.54, 1.807) is 17.9 Å². The zero-order valence-electron chi connectivity index (χ0n) is 9.17. The molecule has 3 rings (SSSR count). The predicted octanol–water partition coefficient (Wildman–Crippen LogP) is 2.75. The zero-order valence-corrected chi connectivity index (χ0v) is 10.7. The summed E-state index contributed by atoms with van der Waals surface area (Å²) in [6.45, 7) is 0.641. The van der Waals surface area contributed by atoms with Crippen LogP contribution in [0, 0.1) is 0 Å². The lowest BCUT2D eigenvalue weighted by Crippen LogP contribution is -2.03. The van der Waals surface area contributed by atoms with Crippen LogP contribution in [0.15, 0.2) is 30.0 Å². The molecule has 90 valence electrons. The SMILES string of the molecule is Clc1nc(NCc2ccncc2)c2ncsc2n1. The van der Waals surface area contributed by atoms with Crippen molar-refractivity contribution >= 4 is 39.1 Å². The number of aromatic nitrogens is 4. The minimum absolute atomic E-state index is 0.226. The number of nitrogens with one attached hydrogen (secondary N) is 1. The number of hydrogen-bond acceptors (Lipinski definition) is 6. The van der Waals surface area contributed by atoms with Crippen molar-refractivity contribution in [2.75, 3.05) is 5.32 Å². The highest BCUT2D eigenvalue weighted by Crippen LogP contribution is 2.23. The van der Waals surface area contributed by atoms with E-state index >= 15 is 0 Å². The summed E-state index contributed by atoms with van der Waals surface area (Å²) in [4.78, 5) is 17.3. The van der Waals surface area contributed by atoms with E-state index < -0.39 is 0 Å². The highest BCUT2D eigenvalue weighted by Gasteiger charge is 2.08. The second-order valence-electron chi connectivity index (χ2n) is 3.56. The molecule has 0 aliphatic rings. The monoisotopic (exact) mass is 277 g/mol. The molecule has 0 bridgehead atoms. The highest BCUT2D eigenvalue weighted by atomic mass is 35.5. The van der Waals surface area contributed by atoms with Gasteiger partial charge in [0.05, 0.1) is 5.51 Å². The summed E-state index contributed by atoms with van der Waals surface area (Å²) in [7, 11) is 0. The van der Waals surface area contributed by atoms with Crippen LogP contribution in [0.5, 0.6) is 0 Å². The molecule has 18 heavy (non-hydrogen) atoms. The van der Waals surface area contributed by atoms with Crippen LogP contribution in [0.1, 0.15) is 5.56 Å². The Hall–Kier alpha value is -1.79. The van der Waals surface area contributed by atoms with Crippen LogP contribution in [-0.4, -0.2) is 19.9 Å². The lowest BCUT2D eigenvalue weighted by Gasteiger charge is -2.06. The van der Waals surface area contributed by atoms with E-state index in [0.29, 0.717) is 12.4 Å². The molecule has 0 aromatic carbocycles. The fourth-order valence-electron chi connectivity index (χ4n) is 1.55. The number of thiazole rings is 1. The molecular formula is C11H8ClN5S. The molecule has 3 aromatic heterocycles. The molecule has 0 fully saturated rings. The van der Waals surface area contributed by atoms with Gasteiger partial charge >= 0.3 is 0 Å². The normalized spacial score (nSPS) is 10.7. The predicted molar refractivity (Wildman–Crippen MR) is 71.8 cm³/mol. The highest BCUT2D eigenvalue weighted by molar-refractivity contribution is 7.16. The van der Waals surface area contributed by atoms with Crippen molar-refractivity contribution < 1.29 is 0 Å². The van der Waals surface area contributed by atoms with E-state index in [2.05, 4.69) is 25.3 Å². The van der Waals surface area contributed by atoms with Crippen LogP contribution >= 0.6 is 22.9 Å². The average Bonchev–Trinajstić information content (AvgIpc) is 2.85. The molecule has 0 saturated carbocycles. The van der Waals surface area contributed by atoms with Crippen LogP contribution in [0.3, 0.4) is 0 Å². The van der Waals surface area contributed by atoms with Crippen molar-refractivity contribution in [2.45, 2.75) is 6.54 Å². The molecule has 7 heteroatoms. The third-order valence-electron chi connectivity index (χ3n) is 2.38. The summed E-state index contributed by atoms with van der Waals surface area (Å²) in [5, 5.41) is 3.44. The van der Waals surface area contributed by atoms with E-state index in [4.69, 9.17) is 11.6 Å². The van der Waals surface area contributed by atoms with Gasteiger partial charge in [-0.25, -0.2) is 9.97 Å². The quantitative estimate of drug-likeness (QED) is 0.746. The van der Waals surface area contributed by atoms with Crippen molar-refractivity contribution in [1.82, 2.24) is 19.9 Å². The smallest absolute Gasteiger partial charge is 0.225 e. The molecule has 5 nitrogen and oxygen atoms in total. The van der Waals surface area contributed by atoms with Crippen molar-refractivity contribution in [1.29, 1.82) is 0 Å². The summed E-state index contributed by atoms with van der Waals surface area (Å²) in [5.74, 6) is 0.656. The number of fused-ring (bicyclic) bond motifs is 1. The first-order valence-electron chi connectivity index (χ1n) is 5.22. The lowest BCUT2D eigenvalue weighted by atomic mass is 10.3. The molecule has 3 heterocycles. The number of anilines is 1. The number of rotatable bonds is 3. The van der Waals surface area contributed by atoms with Crippen molar-refractivity contribution in [3.05, 3.63) is 40.9 Å². The first kappa shape index (κ1) is 11.3. The fraction of sp³-hybridized carbons (Fsp3) is 0.0909. The second kappa shape index (κ2) is 4.83. The van der Waals surface area contributed by atoms with E-state index in [0.717, 1.165) is 15.9 Å². The van der Waals surface area contributed by atoms with Crippen molar-refractivity contribution in [3.8, 4) is 0 Å². The standard InChI is InChI=1S/C11H8ClN5S/c12-11-16-9(8-10(17-11)18-6-15-8)14-5-7-1-3-13-4-2-7/h1-4,6H,5H2,(H,14,16,17). The third kappa shape index (κ3) is 2.25. The molecule has 0 aliphatic carbocycles. The minimum atomic E-state index is 0.226.